The second-order valence-electron chi connectivity index (χ2n) is 4.65. The summed E-state index contributed by atoms with van der Waals surface area (Å²) in [4.78, 5) is 4.03. The molecule has 2 aromatic rings. The number of nitrogens with zero attached hydrogens (tertiary/aromatic N) is 2. The van der Waals surface area contributed by atoms with Gasteiger partial charge < -0.3 is 19.1 Å². The minimum Gasteiger partial charge on any atom is -0.496 e. The van der Waals surface area contributed by atoms with E-state index in [2.05, 4.69) is 4.98 Å². The summed E-state index contributed by atoms with van der Waals surface area (Å²) in [6, 6.07) is 2.99. The lowest BCUT2D eigenvalue weighted by molar-refractivity contribution is -0.207. The van der Waals surface area contributed by atoms with Gasteiger partial charge in [0.2, 0.25) is 0 Å². The fourth-order valence-corrected chi connectivity index (χ4v) is 2.27. The van der Waals surface area contributed by atoms with E-state index in [9.17, 15) is 18.3 Å². The number of aliphatic hydroxyl groups is 1. The molecule has 23 heavy (non-hydrogen) atoms. The molecule has 0 aliphatic heterocycles. The molecule has 0 fully saturated rings. The molecule has 9 heteroatoms. The largest absolute Gasteiger partial charge is 0.496 e. The summed E-state index contributed by atoms with van der Waals surface area (Å²) < 4.78 is 49.1. The molecular weight excluding hydrogens is 337 g/mol. The van der Waals surface area contributed by atoms with Crippen molar-refractivity contribution >= 4 is 11.6 Å². The van der Waals surface area contributed by atoms with Gasteiger partial charge in [-0.1, -0.05) is 11.6 Å². The highest BCUT2D eigenvalue weighted by atomic mass is 35.5. The number of methoxy groups -OCH3 is 2. The van der Waals surface area contributed by atoms with Crippen LogP contribution >= 0.6 is 11.6 Å². The van der Waals surface area contributed by atoms with Crippen molar-refractivity contribution in [2.24, 2.45) is 0 Å². The molecule has 1 atom stereocenters. The monoisotopic (exact) mass is 350 g/mol. The molecule has 0 saturated heterocycles. The fourth-order valence-electron chi connectivity index (χ4n) is 2.03. The Morgan fingerprint density at radius 2 is 1.91 bits per heavy atom. The number of hydrogen-bond donors (Lipinski definition) is 1. The van der Waals surface area contributed by atoms with Crippen molar-refractivity contribution in [3.63, 3.8) is 0 Å². The van der Waals surface area contributed by atoms with E-state index in [0.717, 1.165) is 0 Å². The number of hydrogen-bond acceptors (Lipinski definition) is 4. The molecule has 1 aromatic heterocycles. The number of rotatable bonds is 5. The topological polar surface area (TPSA) is 56.5 Å². The van der Waals surface area contributed by atoms with Crippen molar-refractivity contribution in [2.45, 2.75) is 18.8 Å². The second kappa shape index (κ2) is 6.67. The number of halogens is 4. The zero-order valence-electron chi connectivity index (χ0n) is 12.3. The normalized spacial score (nSPS) is 13.0. The summed E-state index contributed by atoms with van der Waals surface area (Å²) in [7, 11) is 2.84. The fraction of sp³-hybridized carbons (Fsp3) is 0.357. The van der Waals surface area contributed by atoms with E-state index in [1.54, 1.807) is 0 Å². The van der Waals surface area contributed by atoms with Crippen LogP contribution in [0.2, 0.25) is 5.02 Å². The van der Waals surface area contributed by atoms with Crippen LogP contribution in [0.25, 0.3) is 11.4 Å². The van der Waals surface area contributed by atoms with Crippen LogP contribution in [-0.4, -0.2) is 41.2 Å². The highest BCUT2D eigenvalue weighted by Crippen LogP contribution is 2.38. The Hall–Kier alpha value is -1.93. The van der Waals surface area contributed by atoms with Crippen LogP contribution in [0.15, 0.2) is 24.5 Å². The van der Waals surface area contributed by atoms with Gasteiger partial charge in [-0.15, -0.1) is 0 Å². The average molecular weight is 351 g/mol. The third-order valence-corrected chi connectivity index (χ3v) is 3.47. The summed E-state index contributed by atoms with van der Waals surface area (Å²) in [5.41, 5.74) is 0.387. The average Bonchev–Trinajstić information content (AvgIpc) is 2.94. The Bertz CT molecular complexity index is 688. The summed E-state index contributed by atoms with van der Waals surface area (Å²) in [6.07, 6.45) is -4.56. The van der Waals surface area contributed by atoms with E-state index in [0.29, 0.717) is 17.1 Å². The van der Waals surface area contributed by atoms with Crippen molar-refractivity contribution in [3.8, 4) is 22.9 Å². The summed E-state index contributed by atoms with van der Waals surface area (Å²) >= 11 is 6.06. The van der Waals surface area contributed by atoms with Gasteiger partial charge in [-0.2, -0.15) is 13.2 Å². The molecular formula is C14H14ClF3N2O3. The predicted molar refractivity (Wildman–Crippen MR) is 77.8 cm³/mol. The van der Waals surface area contributed by atoms with Crippen LogP contribution in [0.5, 0.6) is 11.5 Å². The number of alkyl halides is 3. The predicted octanol–water partition coefficient (Wildman–Crippen LogP) is 3.14. The van der Waals surface area contributed by atoms with Crippen molar-refractivity contribution in [3.05, 3.63) is 29.5 Å². The number of aliphatic hydroxyl groups excluding tert-OH is 1. The molecule has 2 rings (SSSR count). The Morgan fingerprint density at radius 1 is 1.26 bits per heavy atom. The van der Waals surface area contributed by atoms with Crippen LogP contribution in [-0.2, 0) is 6.54 Å². The molecule has 1 heterocycles. The van der Waals surface area contributed by atoms with Gasteiger partial charge in [0, 0.05) is 18.5 Å². The van der Waals surface area contributed by atoms with Crippen molar-refractivity contribution < 1.29 is 27.8 Å². The van der Waals surface area contributed by atoms with E-state index >= 15 is 0 Å². The molecule has 1 N–H and O–H groups in total. The van der Waals surface area contributed by atoms with Crippen molar-refractivity contribution in [2.75, 3.05) is 14.2 Å². The SMILES string of the molecule is COc1cc(OC)c(-c2nccn2C[C@H](O)C(F)(F)F)cc1Cl. The standard InChI is InChI=1S/C14H14ClF3N2O3/c1-22-10-6-11(23-2)9(15)5-8(10)13-19-3-4-20(13)7-12(21)14(16,17)18/h3-6,12,21H,7H2,1-2H3/t12-/m0/s1. The molecule has 0 amide bonds. The molecule has 0 aliphatic rings. The van der Waals surface area contributed by atoms with Crippen LogP contribution in [0.3, 0.4) is 0 Å². The van der Waals surface area contributed by atoms with E-state index in [1.165, 1.54) is 43.3 Å². The first-order valence-corrected chi connectivity index (χ1v) is 6.83. The number of ether oxygens (including phenoxy) is 2. The van der Waals surface area contributed by atoms with Gasteiger partial charge in [0.25, 0.3) is 0 Å². The lowest BCUT2D eigenvalue weighted by atomic mass is 10.1. The van der Waals surface area contributed by atoms with Crippen LogP contribution in [0.4, 0.5) is 13.2 Å². The third-order valence-electron chi connectivity index (χ3n) is 3.18. The maximum absolute atomic E-state index is 12.5. The number of aromatic nitrogens is 2. The van der Waals surface area contributed by atoms with Crippen LogP contribution in [0, 0.1) is 0 Å². The van der Waals surface area contributed by atoms with Gasteiger partial charge in [-0.3, -0.25) is 0 Å². The lowest BCUT2D eigenvalue weighted by Crippen LogP contribution is -2.32. The van der Waals surface area contributed by atoms with Crippen LogP contribution < -0.4 is 9.47 Å². The van der Waals surface area contributed by atoms with Crippen LogP contribution in [0.1, 0.15) is 0 Å². The Kier molecular flexibility index (Phi) is 5.06. The second-order valence-corrected chi connectivity index (χ2v) is 5.05. The molecule has 0 spiro atoms. The zero-order valence-corrected chi connectivity index (χ0v) is 13.0. The van der Waals surface area contributed by atoms with Gasteiger partial charge in [-0.05, 0) is 6.07 Å². The zero-order chi connectivity index (χ0) is 17.2. The van der Waals surface area contributed by atoms with E-state index in [-0.39, 0.29) is 10.8 Å². The van der Waals surface area contributed by atoms with E-state index < -0.39 is 18.8 Å². The number of imidazole rings is 1. The summed E-state index contributed by atoms with van der Waals surface area (Å²) in [5.74, 6) is 0.885. The van der Waals surface area contributed by atoms with Crippen molar-refractivity contribution in [1.29, 1.82) is 0 Å². The summed E-state index contributed by atoms with van der Waals surface area (Å²) in [6.45, 7) is -0.689. The smallest absolute Gasteiger partial charge is 0.416 e. The lowest BCUT2D eigenvalue weighted by Gasteiger charge is -2.17. The Morgan fingerprint density at radius 3 is 2.48 bits per heavy atom. The molecule has 5 nitrogen and oxygen atoms in total. The maximum atomic E-state index is 12.5. The molecule has 126 valence electrons. The van der Waals surface area contributed by atoms with Gasteiger partial charge in [-0.25, -0.2) is 4.98 Å². The van der Waals surface area contributed by atoms with E-state index in [1.807, 2.05) is 0 Å². The first-order chi connectivity index (χ1) is 10.8. The highest BCUT2D eigenvalue weighted by molar-refractivity contribution is 6.32. The Labute approximate surface area is 135 Å². The Balaban J connectivity index is 2.44. The molecule has 0 aliphatic carbocycles. The minimum absolute atomic E-state index is 0.190. The molecule has 0 radical (unpaired) electrons. The van der Waals surface area contributed by atoms with E-state index in [4.69, 9.17) is 21.1 Å². The first kappa shape index (κ1) is 17.4. The van der Waals surface area contributed by atoms with Gasteiger partial charge in [0.05, 0.1) is 31.4 Å². The quantitative estimate of drug-likeness (QED) is 0.900. The maximum Gasteiger partial charge on any atom is 0.416 e. The van der Waals surface area contributed by atoms with Gasteiger partial charge in [0.15, 0.2) is 6.10 Å². The molecule has 0 unspecified atom stereocenters. The first-order valence-electron chi connectivity index (χ1n) is 6.45. The van der Waals surface area contributed by atoms with Gasteiger partial charge >= 0.3 is 6.18 Å². The minimum atomic E-state index is -4.72. The highest BCUT2D eigenvalue weighted by Gasteiger charge is 2.38. The van der Waals surface area contributed by atoms with Gasteiger partial charge in [0.1, 0.15) is 17.3 Å². The molecule has 0 saturated carbocycles. The molecule has 1 aromatic carbocycles. The van der Waals surface area contributed by atoms with Crippen molar-refractivity contribution in [1.82, 2.24) is 9.55 Å². The number of benzene rings is 1. The summed E-state index contributed by atoms with van der Waals surface area (Å²) in [5, 5.41) is 9.50. The molecule has 0 bridgehead atoms. The third kappa shape index (κ3) is 3.70.